The van der Waals surface area contributed by atoms with E-state index in [0.717, 1.165) is 12.1 Å². The molecule has 3 atom stereocenters. The Kier molecular flexibility index (Phi) is 5.58. The lowest BCUT2D eigenvalue weighted by Gasteiger charge is -2.26. The standard InChI is InChI=1S/C19H29N3O5/c1-6-25-18(24)15-8-13(15)9-22(10-14-11-26-19(3,4)27-14)17(23)16-7-12(2)20-21(16)5/h7,13-15H,6,8-11H2,1-5H3/t13-,14+,15-/m0/s1. The van der Waals surface area contributed by atoms with E-state index in [0.29, 0.717) is 32.0 Å². The number of ether oxygens (including phenoxy) is 3. The lowest BCUT2D eigenvalue weighted by molar-refractivity contribution is -0.145. The van der Waals surface area contributed by atoms with Gasteiger partial charge < -0.3 is 19.1 Å². The van der Waals surface area contributed by atoms with Crippen molar-refractivity contribution >= 4 is 11.9 Å². The number of amides is 1. The number of rotatable bonds is 7. The van der Waals surface area contributed by atoms with Crippen molar-refractivity contribution in [2.24, 2.45) is 18.9 Å². The Morgan fingerprint density at radius 1 is 1.41 bits per heavy atom. The molecule has 2 aliphatic rings. The Morgan fingerprint density at radius 3 is 2.70 bits per heavy atom. The molecule has 1 aliphatic carbocycles. The lowest BCUT2D eigenvalue weighted by atomic mass is 10.2. The maximum Gasteiger partial charge on any atom is 0.309 e. The van der Waals surface area contributed by atoms with Crippen LogP contribution in [0.3, 0.4) is 0 Å². The van der Waals surface area contributed by atoms with Gasteiger partial charge in [0.05, 0.1) is 24.8 Å². The predicted octanol–water partition coefficient (Wildman–Crippen LogP) is 1.52. The molecule has 0 aromatic carbocycles. The predicted molar refractivity (Wildman–Crippen MR) is 97.0 cm³/mol. The summed E-state index contributed by atoms with van der Waals surface area (Å²) in [5.74, 6) is -0.924. The largest absolute Gasteiger partial charge is 0.466 e. The Morgan fingerprint density at radius 2 is 2.15 bits per heavy atom. The smallest absolute Gasteiger partial charge is 0.309 e. The second kappa shape index (κ2) is 7.59. The van der Waals surface area contributed by atoms with Crippen LogP contribution in [0, 0.1) is 18.8 Å². The summed E-state index contributed by atoms with van der Waals surface area (Å²) in [6.45, 7) is 9.10. The van der Waals surface area contributed by atoms with E-state index in [2.05, 4.69) is 5.10 Å². The first-order valence-corrected chi connectivity index (χ1v) is 9.48. The van der Waals surface area contributed by atoms with Gasteiger partial charge in [-0.1, -0.05) is 0 Å². The maximum absolute atomic E-state index is 13.1. The van der Waals surface area contributed by atoms with Gasteiger partial charge in [-0.2, -0.15) is 5.10 Å². The summed E-state index contributed by atoms with van der Waals surface area (Å²) in [5.41, 5.74) is 1.32. The minimum Gasteiger partial charge on any atom is -0.466 e. The van der Waals surface area contributed by atoms with Crippen LogP contribution >= 0.6 is 0 Å². The average Bonchev–Trinajstić information content (AvgIpc) is 3.15. The lowest BCUT2D eigenvalue weighted by Crippen LogP contribution is -2.41. The van der Waals surface area contributed by atoms with Crippen LogP contribution in [0.15, 0.2) is 6.07 Å². The summed E-state index contributed by atoms with van der Waals surface area (Å²) >= 11 is 0. The number of esters is 1. The monoisotopic (exact) mass is 379 g/mol. The molecule has 1 aromatic rings. The Hall–Kier alpha value is -1.93. The summed E-state index contributed by atoms with van der Waals surface area (Å²) < 4.78 is 18.2. The number of hydrogen-bond acceptors (Lipinski definition) is 6. The third kappa shape index (κ3) is 4.68. The van der Waals surface area contributed by atoms with Crippen molar-refractivity contribution in [1.82, 2.24) is 14.7 Å². The van der Waals surface area contributed by atoms with Gasteiger partial charge in [-0.25, -0.2) is 0 Å². The van der Waals surface area contributed by atoms with Crippen LogP contribution in [0.25, 0.3) is 0 Å². The van der Waals surface area contributed by atoms with Crippen molar-refractivity contribution in [3.8, 4) is 0 Å². The van der Waals surface area contributed by atoms with Gasteiger partial charge in [0.15, 0.2) is 5.79 Å². The van der Waals surface area contributed by atoms with Crippen molar-refractivity contribution in [1.29, 1.82) is 0 Å². The molecule has 0 unspecified atom stereocenters. The van der Waals surface area contributed by atoms with Crippen LogP contribution in [0.2, 0.25) is 0 Å². The van der Waals surface area contributed by atoms with Gasteiger partial charge in [0.1, 0.15) is 11.8 Å². The fraction of sp³-hybridized carbons (Fsp3) is 0.737. The Bertz CT molecular complexity index is 714. The Balaban J connectivity index is 1.70. The molecule has 0 radical (unpaired) electrons. The van der Waals surface area contributed by atoms with Gasteiger partial charge in [0, 0.05) is 20.1 Å². The highest BCUT2D eigenvalue weighted by atomic mass is 16.7. The Labute approximate surface area is 159 Å². The molecule has 2 fully saturated rings. The first-order valence-electron chi connectivity index (χ1n) is 9.48. The second-order valence-electron chi connectivity index (χ2n) is 7.81. The third-order valence-electron chi connectivity index (χ3n) is 4.97. The van der Waals surface area contributed by atoms with E-state index in [1.807, 2.05) is 20.8 Å². The minimum atomic E-state index is -0.643. The van der Waals surface area contributed by atoms with E-state index in [1.165, 1.54) is 0 Å². The molecule has 150 valence electrons. The van der Waals surface area contributed by atoms with Crippen molar-refractivity contribution in [2.75, 3.05) is 26.3 Å². The summed E-state index contributed by atoms with van der Waals surface area (Å²) in [4.78, 5) is 26.8. The summed E-state index contributed by atoms with van der Waals surface area (Å²) in [5, 5.41) is 4.27. The molecule has 1 aliphatic heterocycles. The average molecular weight is 379 g/mol. The number of nitrogens with zero attached hydrogens (tertiary/aromatic N) is 3. The maximum atomic E-state index is 13.1. The molecule has 3 rings (SSSR count). The topological polar surface area (TPSA) is 82.9 Å². The normalized spacial score (nSPS) is 26.0. The summed E-state index contributed by atoms with van der Waals surface area (Å²) in [7, 11) is 1.76. The molecule has 8 heteroatoms. The SMILES string of the molecule is CCOC(=O)[C@H]1C[C@H]1CN(C[C@@H]1COC(C)(C)O1)C(=O)c1cc(C)nn1C. The molecule has 0 bridgehead atoms. The van der Waals surface area contributed by atoms with Gasteiger partial charge >= 0.3 is 5.97 Å². The third-order valence-corrected chi connectivity index (χ3v) is 4.97. The van der Waals surface area contributed by atoms with Crippen molar-refractivity contribution < 1.29 is 23.8 Å². The summed E-state index contributed by atoms with van der Waals surface area (Å²) in [6.07, 6.45) is 0.554. The molecule has 1 saturated heterocycles. The molecular formula is C19H29N3O5. The number of aryl methyl sites for hydroxylation is 2. The fourth-order valence-corrected chi connectivity index (χ4v) is 3.58. The zero-order chi connectivity index (χ0) is 19.8. The van der Waals surface area contributed by atoms with Crippen LogP contribution in [0.4, 0.5) is 0 Å². The quantitative estimate of drug-likeness (QED) is 0.668. The minimum absolute atomic E-state index is 0.110. The first kappa shape index (κ1) is 19.8. The number of carbonyl (C=O) groups excluding carboxylic acids is 2. The molecule has 0 spiro atoms. The highest BCUT2D eigenvalue weighted by Gasteiger charge is 2.46. The first-order chi connectivity index (χ1) is 12.7. The molecule has 1 amide bonds. The van der Waals surface area contributed by atoms with Crippen LogP contribution in [0.5, 0.6) is 0 Å². The van der Waals surface area contributed by atoms with E-state index in [4.69, 9.17) is 14.2 Å². The second-order valence-corrected chi connectivity index (χ2v) is 7.81. The highest BCUT2D eigenvalue weighted by molar-refractivity contribution is 5.92. The van der Waals surface area contributed by atoms with Crippen LogP contribution in [-0.2, 0) is 26.1 Å². The van der Waals surface area contributed by atoms with E-state index in [9.17, 15) is 9.59 Å². The molecule has 8 nitrogen and oxygen atoms in total. The zero-order valence-electron chi connectivity index (χ0n) is 16.7. The van der Waals surface area contributed by atoms with Crippen LogP contribution in [-0.4, -0.2) is 64.8 Å². The molecule has 2 heterocycles. The van der Waals surface area contributed by atoms with Gasteiger partial charge in [-0.15, -0.1) is 0 Å². The van der Waals surface area contributed by atoms with Crippen molar-refractivity contribution in [3.63, 3.8) is 0 Å². The number of carbonyl (C=O) groups is 2. The van der Waals surface area contributed by atoms with Crippen molar-refractivity contribution in [3.05, 3.63) is 17.5 Å². The molecule has 1 saturated carbocycles. The zero-order valence-corrected chi connectivity index (χ0v) is 16.7. The van der Waals surface area contributed by atoms with E-state index in [1.54, 1.807) is 29.6 Å². The van der Waals surface area contributed by atoms with Gasteiger partial charge in [-0.05, 0) is 46.1 Å². The van der Waals surface area contributed by atoms with Crippen LogP contribution in [0.1, 0.15) is 43.4 Å². The van der Waals surface area contributed by atoms with E-state index >= 15 is 0 Å². The van der Waals surface area contributed by atoms with Gasteiger partial charge in [0.25, 0.3) is 5.91 Å². The van der Waals surface area contributed by atoms with Gasteiger partial charge in [0.2, 0.25) is 0 Å². The van der Waals surface area contributed by atoms with Crippen LogP contribution < -0.4 is 0 Å². The number of aromatic nitrogens is 2. The van der Waals surface area contributed by atoms with Crippen molar-refractivity contribution in [2.45, 2.75) is 46.0 Å². The highest BCUT2D eigenvalue weighted by Crippen LogP contribution is 2.40. The molecule has 1 aromatic heterocycles. The fourth-order valence-electron chi connectivity index (χ4n) is 3.58. The molecular weight excluding hydrogens is 350 g/mol. The molecule has 0 N–H and O–H groups in total. The molecule has 27 heavy (non-hydrogen) atoms. The summed E-state index contributed by atoms with van der Waals surface area (Å²) in [6, 6.07) is 1.78. The number of hydrogen-bond donors (Lipinski definition) is 0. The van der Waals surface area contributed by atoms with E-state index < -0.39 is 5.79 Å². The van der Waals surface area contributed by atoms with Gasteiger partial charge in [-0.3, -0.25) is 14.3 Å². The van der Waals surface area contributed by atoms with E-state index in [-0.39, 0.29) is 29.8 Å².